The normalized spacial score (nSPS) is 13.6. The lowest BCUT2D eigenvalue weighted by Crippen LogP contribution is -2.41. The van der Waals surface area contributed by atoms with Crippen LogP contribution in [0.1, 0.15) is 5.56 Å². The van der Waals surface area contributed by atoms with Crippen LogP contribution in [0.25, 0.3) is 0 Å². The van der Waals surface area contributed by atoms with E-state index in [0.717, 1.165) is 21.2 Å². The fourth-order valence-corrected chi connectivity index (χ4v) is 3.24. The van der Waals surface area contributed by atoms with E-state index in [0.29, 0.717) is 0 Å². The molecule has 0 spiro atoms. The van der Waals surface area contributed by atoms with Gasteiger partial charge in [0.1, 0.15) is 18.4 Å². The van der Waals surface area contributed by atoms with Crippen molar-refractivity contribution >= 4 is 23.3 Å². The van der Waals surface area contributed by atoms with E-state index in [9.17, 15) is 23.5 Å². The minimum Gasteiger partial charge on any atom is -0.376 e. The van der Waals surface area contributed by atoms with Crippen molar-refractivity contribution in [1.29, 1.82) is 0 Å². The van der Waals surface area contributed by atoms with Crippen LogP contribution in [0.4, 0.5) is 14.6 Å². The third kappa shape index (κ3) is 5.71. The van der Waals surface area contributed by atoms with Gasteiger partial charge in [0.15, 0.2) is 5.82 Å². The molecule has 1 aliphatic rings. The van der Waals surface area contributed by atoms with Gasteiger partial charge in [0.05, 0.1) is 18.4 Å². The quantitative estimate of drug-likeness (QED) is 0.523. The van der Waals surface area contributed by atoms with Gasteiger partial charge in [-0.3, -0.25) is 14.2 Å². The molecule has 1 amide bonds. The highest BCUT2D eigenvalue weighted by atomic mass is 35.5. The van der Waals surface area contributed by atoms with Crippen LogP contribution in [0, 0.1) is 0 Å². The molecule has 0 saturated carbocycles. The molecule has 1 aromatic carbocycles. The number of alkyl halides is 2. The molecule has 0 unspecified atom stereocenters. The van der Waals surface area contributed by atoms with Crippen molar-refractivity contribution in [2.45, 2.75) is 19.0 Å². The molecule has 0 bridgehead atoms. The molecule has 1 aliphatic heterocycles. The second kappa shape index (κ2) is 10.4. The summed E-state index contributed by atoms with van der Waals surface area (Å²) in [6.07, 6.45) is 5.41. The third-order valence-corrected chi connectivity index (χ3v) is 5.02. The predicted octanol–water partition coefficient (Wildman–Crippen LogP) is 1.97. The van der Waals surface area contributed by atoms with Crippen molar-refractivity contribution in [3.8, 4) is 0 Å². The number of hydrogen-bond acceptors (Lipinski definition) is 6. The molecule has 2 heterocycles. The number of aliphatic hydroxyl groups is 1. The van der Waals surface area contributed by atoms with Crippen LogP contribution in [-0.2, 0) is 17.9 Å². The number of aromatic nitrogens is 2. The summed E-state index contributed by atoms with van der Waals surface area (Å²) in [5.41, 5.74) is -0.313. The zero-order valence-electron chi connectivity index (χ0n) is 17.0. The van der Waals surface area contributed by atoms with Crippen LogP contribution in [0.2, 0.25) is 5.15 Å². The lowest BCUT2D eigenvalue weighted by molar-refractivity contribution is -0.121. The number of allylic oxidation sites excluding steroid dienone is 2. The lowest BCUT2D eigenvalue weighted by Gasteiger charge is -2.31. The molecule has 0 atom stereocenters. The molecule has 2 aromatic rings. The van der Waals surface area contributed by atoms with Crippen molar-refractivity contribution < 1.29 is 18.7 Å². The number of carbonyl (C=O) groups is 1. The smallest absolute Gasteiger partial charge is 0.304 e. The van der Waals surface area contributed by atoms with Gasteiger partial charge in [-0.1, -0.05) is 54.1 Å². The summed E-state index contributed by atoms with van der Waals surface area (Å²) in [6, 6.07) is 9.19. The highest BCUT2D eigenvalue weighted by Crippen LogP contribution is 2.28. The number of aliphatic hydroxyl groups excluding tert-OH is 1. The summed E-state index contributed by atoms with van der Waals surface area (Å²) in [4.78, 5) is 29.8. The molecule has 32 heavy (non-hydrogen) atoms. The van der Waals surface area contributed by atoms with Gasteiger partial charge in [-0.05, 0) is 11.6 Å². The maximum Gasteiger partial charge on any atom is 0.304 e. The van der Waals surface area contributed by atoms with Gasteiger partial charge in [-0.25, -0.2) is 4.98 Å². The Labute approximate surface area is 187 Å². The number of hydrogen-bond donors (Lipinski definition) is 3. The zero-order valence-corrected chi connectivity index (χ0v) is 17.7. The standard InChI is InChI=1S/C21H22ClF2N5O3/c22-17-11-26-19(27-13-21(23,24)16-8-4-5-9-28(16)14-30)20(32)29(17)12-18(31)25-10-15-6-2-1-3-7-15/h1-8,11,30H,9-10,12-14H2,(H,25,31)(H,26,27). The Morgan fingerprint density at radius 1 is 1.28 bits per heavy atom. The summed E-state index contributed by atoms with van der Waals surface area (Å²) < 4.78 is 30.3. The summed E-state index contributed by atoms with van der Waals surface area (Å²) >= 11 is 6.01. The van der Waals surface area contributed by atoms with E-state index in [1.54, 1.807) is 6.08 Å². The monoisotopic (exact) mass is 465 g/mol. The number of amides is 1. The summed E-state index contributed by atoms with van der Waals surface area (Å²) in [5.74, 6) is -4.23. The Hall–Kier alpha value is -3.24. The number of carbonyl (C=O) groups excluding carboxylic acids is 1. The van der Waals surface area contributed by atoms with E-state index < -0.39 is 37.2 Å². The molecular formula is C21H22ClF2N5O3. The van der Waals surface area contributed by atoms with Gasteiger partial charge < -0.3 is 20.6 Å². The van der Waals surface area contributed by atoms with E-state index in [2.05, 4.69) is 15.6 Å². The Balaban J connectivity index is 1.68. The van der Waals surface area contributed by atoms with Gasteiger partial charge in [0.2, 0.25) is 5.91 Å². The van der Waals surface area contributed by atoms with E-state index in [-0.39, 0.29) is 29.8 Å². The minimum atomic E-state index is -3.39. The zero-order chi connectivity index (χ0) is 23.1. The number of nitrogens with one attached hydrogen (secondary N) is 2. The van der Waals surface area contributed by atoms with Crippen molar-refractivity contribution in [2.24, 2.45) is 0 Å². The van der Waals surface area contributed by atoms with Crippen LogP contribution in [0.5, 0.6) is 0 Å². The van der Waals surface area contributed by atoms with Crippen molar-refractivity contribution in [3.05, 3.63) is 81.5 Å². The second-order valence-electron chi connectivity index (χ2n) is 6.99. The molecule has 0 fully saturated rings. The molecule has 11 heteroatoms. The largest absolute Gasteiger partial charge is 0.376 e. The third-order valence-electron chi connectivity index (χ3n) is 4.72. The topological polar surface area (TPSA) is 99.5 Å². The highest BCUT2D eigenvalue weighted by molar-refractivity contribution is 6.29. The Bertz CT molecular complexity index is 1070. The van der Waals surface area contributed by atoms with Crippen LogP contribution >= 0.6 is 11.6 Å². The first-order chi connectivity index (χ1) is 15.3. The number of anilines is 1. The molecular weight excluding hydrogens is 444 g/mol. The molecule has 3 rings (SSSR count). The molecule has 1 aromatic heterocycles. The number of rotatable bonds is 9. The number of nitrogens with zero attached hydrogens (tertiary/aromatic N) is 3. The van der Waals surface area contributed by atoms with Crippen LogP contribution < -0.4 is 16.2 Å². The van der Waals surface area contributed by atoms with Crippen LogP contribution in [-0.4, -0.2) is 51.2 Å². The van der Waals surface area contributed by atoms with E-state index in [1.165, 1.54) is 12.2 Å². The van der Waals surface area contributed by atoms with Gasteiger partial charge in [0.25, 0.3) is 5.56 Å². The maximum absolute atomic E-state index is 14.7. The highest BCUT2D eigenvalue weighted by Gasteiger charge is 2.38. The van der Waals surface area contributed by atoms with E-state index in [1.807, 2.05) is 30.3 Å². The fraction of sp³-hybridized carbons (Fsp3) is 0.286. The molecule has 3 N–H and O–H groups in total. The fourth-order valence-electron chi connectivity index (χ4n) is 3.06. The Morgan fingerprint density at radius 2 is 2.03 bits per heavy atom. The summed E-state index contributed by atoms with van der Waals surface area (Å²) in [7, 11) is 0. The van der Waals surface area contributed by atoms with Gasteiger partial charge in [0, 0.05) is 13.1 Å². The van der Waals surface area contributed by atoms with Gasteiger partial charge in [-0.2, -0.15) is 8.78 Å². The molecule has 170 valence electrons. The predicted molar refractivity (Wildman–Crippen MR) is 116 cm³/mol. The lowest BCUT2D eigenvalue weighted by atomic mass is 10.1. The molecule has 0 radical (unpaired) electrons. The average molecular weight is 466 g/mol. The first-order valence-electron chi connectivity index (χ1n) is 9.72. The van der Waals surface area contributed by atoms with E-state index in [4.69, 9.17) is 11.6 Å². The Kier molecular flexibility index (Phi) is 7.60. The molecule has 0 saturated heterocycles. The summed E-state index contributed by atoms with van der Waals surface area (Å²) in [6.45, 7) is -1.50. The summed E-state index contributed by atoms with van der Waals surface area (Å²) in [5, 5.41) is 14.2. The number of benzene rings is 1. The molecule has 0 aliphatic carbocycles. The van der Waals surface area contributed by atoms with Crippen molar-refractivity contribution in [2.75, 3.05) is 25.1 Å². The minimum absolute atomic E-state index is 0.103. The average Bonchev–Trinajstić information content (AvgIpc) is 2.80. The molecule has 8 nitrogen and oxygen atoms in total. The second-order valence-corrected chi connectivity index (χ2v) is 7.37. The van der Waals surface area contributed by atoms with Gasteiger partial charge >= 0.3 is 5.92 Å². The SMILES string of the molecule is O=C(Cn1c(Cl)cnc(NCC(F)(F)C2=CC=CCN2CO)c1=O)NCc1ccccc1. The van der Waals surface area contributed by atoms with Crippen LogP contribution in [0.15, 0.2) is 65.2 Å². The van der Waals surface area contributed by atoms with Crippen LogP contribution in [0.3, 0.4) is 0 Å². The van der Waals surface area contributed by atoms with E-state index >= 15 is 0 Å². The maximum atomic E-state index is 14.7. The number of halogens is 3. The van der Waals surface area contributed by atoms with Crippen molar-refractivity contribution in [3.63, 3.8) is 0 Å². The van der Waals surface area contributed by atoms with Crippen molar-refractivity contribution in [1.82, 2.24) is 19.8 Å². The first-order valence-corrected chi connectivity index (χ1v) is 10.1. The van der Waals surface area contributed by atoms with Gasteiger partial charge in [-0.15, -0.1) is 0 Å². The first kappa shape index (κ1) is 23.4. The Morgan fingerprint density at radius 3 is 2.75 bits per heavy atom.